The molecule has 0 unspecified atom stereocenters. The van der Waals surface area contributed by atoms with E-state index in [0.717, 1.165) is 28.7 Å². The monoisotopic (exact) mass is 476 g/mol. The maximum absolute atomic E-state index is 13.4. The third kappa shape index (κ3) is 5.01. The van der Waals surface area contributed by atoms with Crippen LogP contribution in [0.2, 0.25) is 5.02 Å². The van der Waals surface area contributed by atoms with Crippen LogP contribution in [0.25, 0.3) is 10.2 Å². The van der Waals surface area contributed by atoms with Gasteiger partial charge in [0.25, 0.3) is 5.91 Å². The van der Waals surface area contributed by atoms with Gasteiger partial charge in [0, 0.05) is 31.0 Å². The number of aromatic nitrogens is 3. The van der Waals surface area contributed by atoms with Crippen molar-refractivity contribution in [3.05, 3.63) is 71.3 Å². The number of rotatable bonds is 7. The van der Waals surface area contributed by atoms with Crippen LogP contribution in [-0.4, -0.2) is 34.1 Å². The molecule has 0 saturated heterocycles. The van der Waals surface area contributed by atoms with Crippen molar-refractivity contribution in [3.63, 3.8) is 0 Å². The number of amides is 1. The minimum absolute atomic E-state index is 0. The average Bonchev–Trinajstić information content (AvgIpc) is 3.44. The van der Waals surface area contributed by atoms with Crippen molar-refractivity contribution in [2.24, 2.45) is 0 Å². The molecule has 0 aliphatic rings. The number of imidazole rings is 1. The maximum atomic E-state index is 13.4. The molecule has 0 atom stereocenters. The predicted octanol–water partition coefficient (Wildman–Crippen LogP) is 5.62. The number of carbonyl (C=O) groups excluding carboxylic acids is 1. The first-order valence-electron chi connectivity index (χ1n) is 9.54. The largest absolute Gasteiger partial charge is 0.497 e. The summed E-state index contributed by atoms with van der Waals surface area (Å²) in [6.45, 7) is 3.27. The van der Waals surface area contributed by atoms with Crippen molar-refractivity contribution in [2.45, 2.75) is 19.9 Å². The predicted molar refractivity (Wildman–Crippen MR) is 128 cm³/mol. The molecule has 2 aromatic heterocycles. The number of hydrogen-bond acceptors (Lipinski definition) is 5. The molecule has 2 aromatic carbocycles. The molecule has 31 heavy (non-hydrogen) atoms. The average molecular weight is 477 g/mol. The number of fused-ring (bicyclic) bond motifs is 1. The number of ether oxygens (including phenoxy) is 1. The molecule has 4 aromatic rings. The normalized spacial score (nSPS) is 10.7. The lowest BCUT2D eigenvalue weighted by molar-refractivity contribution is 0.0986. The fourth-order valence-electron chi connectivity index (χ4n) is 3.23. The summed E-state index contributed by atoms with van der Waals surface area (Å²) >= 11 is 7.83. The Bertz CT molecular complexity index is 1140. The fraction of sp³-hybridized carbons (Fsp3) is 0.227. The number of halogens is 2. The van der Waals surface area contributed by atoms with Gasteiger partial charge in [-0.15, -0.1) is 12.4 Å². The zero-order valence-corrected chi connectivity index (χ0v) is 19.5. The van der Waals surface area contributed by atoms with Crippen LogP contribution in [0.1, 0.15) is 22.3 Å². The first-order chi connectivity index (χ1) is 14.6. The van der Waals surface area contributed by atoms with Crippen LogP contribution in [-0.2, 0) is 6.54 Å². The Morgan fingerprint density at radius 1 is 1.29 bits per heavy atom. The van der Waals surface area contributed by atoms with Crippen molar-refractivity contribution in [2.75, 3.05) is 18.6 Å². The summed E-state index contributed by atoms with van der Waals surface area (Å²) in [5, 5.41) is 1.28. The SMILES string of the molecule is COc1cccc(C(=O)N(CCCn2ccnc2)c2nc3c(C)ccc(Cl)c3s2)c1.Cl. The smallest absolute Gasteiger partial charge is 0.260 e. The van der Waals surface area contributed by atoms with Gasteiger partial charge in [-0.25, -0.2) is 9.97 Å². The number of benzene rings is 2. The lowest BCUT2D eigenvalue weighted by Crippen LogP contribution is -2.32. The minimum Gasteiger partial charge on any atom is -0.497 e. The van der Waals surface area contributed by atoms with Gasteiger partial charge in [-0.1, -0.05) is 35.1 Å². The number of thiazole rings is 1. The lowest BCUT2D eigenvalue weighted by Gasteiger charge is -2.20. The second-order valence-corrected chi connectivity index (χ2v) is 8.27. The van der Waals surface area contributed by atoms with Crippen LogP contribution in [0.15, 0.2) is 55.1 Å². The zero-order chi connectivity index (χ0) is 21.1. The summed E-state index contributed by atoms with van der Waals surface area (Å²) in [5.74, 6) is 0.523. The van der Waals surface area contributed by atoms with Gasteiger partial charge in [0.2, 0.25) is 0 Å². The molecular formula is C22H22Cl2N4O2S. The zero-order valence-electron chi connectivity index (χ0n) is 17.1. The Balaban J connectivity index is 0.00000272. The lowest BCUT2D eigenvalue weighted by atomic mass is 10.2. The minimum atomic E-state index is -0.118. The molecule has 0 spiro atoms. The molecule has 0 radical (unpaired) electrons. The highest BCUT2D eigenvalue weighted by molar-refractivity contribution is 7.23. The van der Waals surface area contributed by atoms with Gasteiger partial charge >= 0.3 is 0 Å². The summed E-state index contributed by atoms with van der Waals surface area (Å²) in [7, 11) is 1.59. The van der Waals surface area contributed by atoms with Crippen LogP contribution in [0.5, 0.6) is 5.75 Å². The number of anilines is 1. The Labute approximate surface area is 195 Å². The molecule has 4 rings (SSSR count). The van der Waals surface area contributed by atoms with Crippen molar-refractivity contribution in [1.29, 1.82) is 0 Å². The first-order valence-corrected chi connectivity index (χ1v) is 10.7. The molecule has 162 valence electrons. The molecule has 2 heterocycles. The van der Waals surface area contributed by atoms with Gasteiger partial charge in [-0.2, -0.15) is 0 Å². The summed E-state index contributed by atoms with van der Waals surface area (Å²) < 4.78 is 8.18. The molecule has 6 nitrogen and oxygen atoms in total. The van der Waals surface area contributed by atoms with E-state index in [1.54, 1.807) is 36.7 Å². The van der Waals surface area contributed by atoms with Gasteiger partial charge in [-0.05, 0) is 43.2 Å². The number of methoxy groups -OCH3 is 1. The van der Waals surface area contributed by atoms with Gasteiger partial charge < -0.3 is 9.30 Å². The van der Waals surface area contributed by atoms with Crippen LogP contribution < -0.4 is 9.64 Å². The molecule has 0 N–H and O–H groups in total. The highest BCUT2D eigenvalue weighted by atomic mass is 35.5. The maximum Gasteiger partial charge on any atom is 0.260 e. The molecule has 0 bridgehead atoms. The Hall–Kier alpha value is -2.61. The van der Waals surface area contributed by atoms with E-state index >= 15 is 0 Å². The standard InChI is InChI=1S/C22H21ClN4O2S.ClH/c1-15-7-8-18(23)20-19(15)25-22(30-20)27(11-4-10-26-12-9-24-14-26)21(28)16-5-3-6-17(13-16)29-2;/h3,5-9,12-14H,4,10-11H2,1-2H3;1H. The number of aryl methyl sites for hydroxylation is 2. The topological polar surface area (TPSA) is 60.2 Å². The molecule has 9 heteroatoms. The van der Waals surface area contributed by atoms with Crippen molar-refractivity contribution in [3.8, 4) is 5.75 Å². The molecule has 0 saturated carbocycles. The third-order valence-corrected chi connectivity index (χ3v) is 6.37. The summed E-state index contributed by atoms with van der Waals surface area (Å²) in [6, 6.07) is 11.0. The van der Waals surface area contributed by atoms with Crippen LogP contribution in [0.4, 0.5) is 5.13 Å². The highest BCUT2D eigenvalue weighted by Gasteiger charge is 2.22. The highest BCUT2D eigenvalue weighted by Crippen LogP contribution is 2.36. The molecule has 0 fully saturated rings. The van der Waals surface area contributed by atoms with E-state index in [-0.39, 0.29) is 18.3 Å². The van der Waals surface area contributed by atoms with Gasteiger partial charge in [-0.3, -0.25) is 9.69 Å². The second-order valence-electron chi connectivity index (χ2n) is 6.88. The quantitative estimate of drug-likeness (QED) is 0.347. The van der Waals surface area contributed by atoms with Gasteiger partial charge in [0.1, 0.15) is 5.75 Å². The summed E-state index contributed by atoms with van der Waals surface area (Å²) in [5.41, 5.74) is 2.42. The van der Waals surface area contributed by atoms with E-state index < -0.39 is 0 Å². The van der Waals surface area contributed by atoms with Crippen molar-refractivity contribution >= 4 is 56.6 Å². The van der Waals surface area contributed by atoms with Crippen LogP contribution in [0, 0.1) is 6.92 Å². The van der Waals surface area contributed by atoms with Crippen molar-refractivity contribution in [1.82, 2.24) is 14.5 Å². The van der Waals surface area contributed by atoms with Crippen LogP contribution in [0.3, 0.4) is 0 Å². The number of nitrogens with zero attached hydrogens (tertiary/aromatic N) is 4. The Morgan fingerprint density at radius 3 is 2.84 bits per heavy atom. The molecule has 1 amide bonds. The summed E-state index contributed by atoms with van der Waals surface area (Å²) in [6.07, 6.45) is 6.19. The van der Waals surface area contributed by atoms with E-state index in [0.29, 0.717) is 28.0 Å². The first kappa shape index (κ1) is 23.1. The van der Waals surface area contributed by atoms with Gasteiger partial charge in [0.05, 0.1) is 28.7 Å². The van der Waals surface area contributed by atoms with E-state index in [1.807, 2.05) is 42.0 Å². The molecule has 0 aliphatic heterocycles. The van der Waals surface area contributed by atoms with Crippen molar-refractivity contribution < 1.29 is 9.53 Å². The van der Waals surface area contributed by atoms with E-state index in [1.165, 1.54) is 11.3 Å². The second kappa shape index (κ2) is 10.1. The van der Waals surface area contributed by atoms with E-state index in [4.69, 9.17) is 21.3 Å². The summed E-state index contributed by atoms with van der Waals surface area (Å²) in [4.78, 5) is 24.0. The fourth-order valence-corrected chi connectivity index (χ4v) is 4.57. The van der Waals surface area contributed by atoms with Gasteiger partial charge in [0.15, 0.2) is 5.13 Å². The number of carbonyl (C=O) groups is 1. The number of hydrogen-bond donors (Lipinski definition) is 0. The Morgan fingerprint density at radius 2 is 2.13 bits per heavy atom. The third-order valence-electron chi connectivity index (χ3n) is 4.84. The van der Waals surface area contributed by atoms with E-state index in [2.05, 4.69) is 4.98 Å². The van der Waals surface area contributed by atoms with E-state index in [9.17, 15) is 4.79 Å². The molecular weight excluding hydrogens is 455 g/mol. The Kier molecular flexibility index (Phi) is 7.54. The molecule has 0 aliphatic carbocycles. The van der Waals surface area contributed by atoms with Crippen LogP contribution >= 0.6 is 35.3 Å².